The van der Waals surface area contributed by atoms with E-state index in [1.54, 1.807) is 0 Å². The molecule has 7 nitrogen and oxygen atoms in total. The van der Waals surface area contributed by atoms with Crippen molar-refractivity contribution in [1.29, 1.82) is 0 Å². The van der Waals surface area contributed by atoms with Gasteiger partial charge in [-0.2, -0.15) is 0 Å². The smallest absolute Gasteiger partial charge is 0.247 e. The predicted octanol–water partition coefficient (Wildman–Crippen LogP) is 1.61. The van der Waals surface area contributed by atoms with E-state index in [2.05, 4.69) is 0 Å². The van der Waals surface area contributed by atoms with Gasteiger partial charge in [0.15, 0.2) is 0 Å². The van der Waals surface area contributed by atoms with E-state index < -0.39 is 36.6 Å². The summed E-state index contributed by atoms with van der Waals surface area (Å²) in [4.78, 5) is 11.8. The van der Waals surface area contributed by atoms with Crippen LogP contribution in [0, 0.1) is 0 Å². The number of carbonyl (C=O) groups excluding carboxylic acids is 1. The van der Waals surface area contributed by atoms with E-state index in [0.29, 0.717) is 25.7 Å². The number of rotatable bonds is 4. The molecule has 0 spiro atoms. The van der Waals surface area contributed by atoms with Gasteiger partial charge in [-0.1, -0.05) is 38.5 Å². The van der Waals surface area contributed by atoms with E-state index in [1.807, 2.05) is 9.44 Å². The fourth-order valence-corrected chi connectivity index (χ4v) is 6.12. The maximum Gasteiger partial charge on any atom is 0.342 e. The van der Waals surface area contributed by atoms with E-state index in [4.69, 9.17) is 0 Å². The van der Waals surface area contributed by atoms with Crippen molar-refractivity contribution in [3.63, 3.8) is 0 Å². The summed E-state index contributed by atoms with van der Waals surface area (Å²) in [7, 11) is -7.62. The lowest BCUT2D eigenvalue weighted by Gasteiger charge is -2.24. The van der Waals surface area contributed by atoms with Gasteiger partial charge in [-0.3, -0.25) is 0 Å². The van der Waals surface area contributed by atoms with Crippen LogP contribution in [0.15, 0.2) is 0 Å². The summed E-state index contributed by atoms with van der Waals surface area (Å²) in [6.45, 7) is 0. The van der Waals surface area contributed by atoms with E-state index in [9.17, 15) is 21.6 Å². The van der Waals surface area contributed by atoms with Gasteiger partial charge < -0.3 is 0 Å². The number of nitrogens with one attached hydrogen (secondary N) is 2. The van der Waals surface area contributed by atoms with E-state index in [0.717, 1.165) is 38.5 Å². The Kier molecular flexibility index (Phi) is 5.70. The van der Waals surface area contributed by atoms with Gasteiger partial charge in [0.05, 0.1) is 10.5 Å². The first-order valence-electron chi connectivity index (χ1n) is 7.88. The maximum atomic E-state index is 12.1. The molecule has 9 heteroatoms. The molecule has 128 valence electrons. The Morgan fingerprint density at radius 3 is 1.27 bits per heavy atom. The lowest BCUT2D eigenvalue weighted by molar-refractivity contribution is 0.250. The van der Waals surface area contributed by atoms with Crippen LogP contribution in [0.5, 0.6) is 0 Å². The van der Waals surface area contributed by atoms with Crippen molar-refractivity contribution in [3.8, 4) is 0 Å². The Balaban J connectivity index is 1.93. The highest BCUT2D eigenvalue weighted by Gasteiger charge is 2.32. The normalized spacial score (nSPS) is 22.2. The first-order chi connectivity index (χ1) is 10.3. The Morgan fingerprint density at radius 1 is 0.636 bits per heavy atom. The van der Waals surface area contributed by atoms with Crippen LogP contribution >= 0.6 is 0 Å². The molecule has 0 radical (unpaired) electrons. The second-order valence-electron chi connectivity index (χ2n) is 6.14. The summed E-state index contributed by atoms with van der Waals surface area (Å²) >= 11 is 0. The summed E-state index contributed by atoms with van der Waals surface area (Å²) in [5.41, 5.74) is 0. The van der Waals surface area contributed by atoms with Crippen molar-refractivity contribution in [1.82, 2.24) is 9.44 Å². The third kappa shape index (κ3) is 4.58. The van der Waals surface area contributed by atoms with Gasteiger partial charge in [0.2, 0.25) is 20.0 Å². The van der Waals surface area contributed by atoms with Gasteiger partial charge in [0.1, 0.15) is 0 Å². The Labute approximate surface area is 132 Å². The van der Waals surface area contributed by atoms with E-state index in [-0.39, 0.29) is 0 Å². The number of urea groups is 1. The van der Waals surface area contributed by atoms with Gasteiger partial charge in [0.25, 0.3) is 0 Å². The molecule has 2 saturated carbocycles. The minimum absolute atomic E-state index is 0.512. The van der Waals surface area contributed by atoms with Gasteiger partial charge in [-0.05, 0) is 25.7 Å². The van der Waals surface area contributed by atoms with Crippen molar-refractivity contribution in [2.45, 2.75) is 74.7 Å². The molecule has 2 amide bonds. The molecular formula is C13H24N2O5S2. The lowest BCUT2D eigenvalue weighted by Crippen LogP contribution is -2.48. The highest BCUT2D eigenvalue weighted by molar-refractivity contribution is 7.92. The molecule has 2 aliphatic carbocycles. The zero-order valence-corrected chi connectivity index (χ0v) is 14.2. The third-order valence-corrected chi connectivity index (χ3v) is 8.09. The van der Waals surface area contributed by atoms with Crippen molar-refractivity contribution < 1.29 is 21.6 Å². The topological polar surface area (TPSA) is 109 Å². The second kappa shape index (κ2) is 7.16. The fraction of sp³-hybridized carbons (Fsp3) is 0.923. The van der Waals surface area contributed by atoms with E-state index >= 15 is 0 Å². The lowest BCUT2D eigenvalue weighted by atomic mass is 10.0. The molecule has 2 rings (SSSR count). The highest BCUT2D eigenvalue weighted by atomic mass is 32.2. The predicted molar refractivity (Wildman–Crippen MR) is 83.3 cm³/mol. The Bertz CT molecular complexity index is 536. The van der Waals surface area contributed by atoms with Crippen molar-refractivity contribution in [2.75, 3.05) is 0 Å². The standard InChI is InChI=1S/C13H24N2O5S2/c16-13(14-21(17,18)11-7-3-1-4-8-11)15-22(19,20)12-9-5-2-6-10-12/h11-12H,1-10H2,(H2,14,15,16). The van der Waals surface area contributed by atoms with Crippen LogP contribution in [-0.2, 0) is 20.0 Å². The van der Waals surface area contributed by atoms with Gasteiger partial charge >= 0.3 is 6.03 Å². The monoisotopic (exact) mass is 352 g/mol. The largest absolute Gasteiger partial charge is 0.342 e. The average molecular weight is 352 g/mol. The molecular weight excluding hydrogens is 328 g/mol. The number of sulfonamides is 2. The molecule has 2 aliphatic rings. The van der Waals surface area contributed by atoms with Crippen molar-refractivity contribution in [2.24, 2.45) is 0 Å². The average Bonchev–Trinajstić information content (AvgIpc) is 2.48. The van der Waals surface area contributed by atoms with Crippen LogP contribution in [0.25, 0.3) is 0 Å². The molecule has 2 fully saturated rings. The Hall–Kier alpha value is -0.830. The molecule has 0 saturated heterocycles. The van der Waals surface area contributed by atoms with Crippen LogP contribution in [0.4, 0.5) is 4.79 Å². The van der Waals surface area contributed by atoms with Crippen molar-refractivity contribution >= 4 is 26.1 Å². The zero-order valence-electron chi connectivity index (χ0n) is 12.6. The van der Waals surface area contributed by atoms with Gasteiger partial charge in [0, 0.05) is 0 Å². The Morgan fingerprint density at radius 2 is 0.955 bits per heavy atom. The summed E-state index contributed by atoms with van der Waals surface area (Å²) in [6.07, 6.45) is 7.29. The van der Waals surface area contributed by atoms with E-state index in [1.165, 1.54) is 0 Å². The number of carbonyl (C=O) groups is 1. The van der Waals surface area contributed by atoms with Gasteiger partial charge in [-0.15, -0.1) is 0 Å². The third-order valence-electron chi connectivity index (χ3n) is 4.45. The van der Waals surface area contributed by atoms with Crippen LogP contribution in [-0.4, -0.2) is 33.4 Å². The number of amides is 2. The fourth-order valence-electron chi connectivity index (χ4n) is 3.20. The molecule has 0 aromatic carbocycles. The summed E-state index contributed by atoms with van der Waals surface area (Å²) in [5.74, 6) is 0. The van der Waals surface area contributed by atoms with Crippen LogP contribution in [0.3, 0.4) is 0 Å². The second-order valence-corrected chi connectivity index (χ2v) is 10.1. The van der Waals surface area contributed by atoms with Crippen molar-refractivity contribution in [3.05, 3.63) is 0 Å². The molecule has 22 heavy (non-hydrogen) atoms. The quantitative estimate of drug-likeness (QED) is 0.799. The first-order valence-corrected chi connectivity index (χ1v) is 11.0. The maximum absolute atomic E-state index is 12.1. The molecule has 0 aliphatic heterocycles. The SMILES string of the molecule is O=C(NS(=O)(=O)C1CCCCC1)NS(=O)(=O)C1CCCCC1. The molecule has 0 unspecified atom stereocenters. The summed E-state index contributed by atoms with van der Waals surface area (Å²) < 4.78 is 52.1. The molecule has 0 heterocycles. The molecule has 0 atom stereocenters. The highest BCUT2D eigenvalue weighted by Crippen LogP contribution is 2.24. The number of hydrogen-bond acceptors (Lipinski definition) is 5. The van der Waals surface area contributed by atoms with Crippen LogP contribution < -0.4 is 9.44 Å². The number of hydrogen-bond donors (Lipinski definition) is 2. The minimum atomic E-state index is -3.81. The minimum Gasteiger partial charge on any atom is -0.247 e. The summed E-state index contributed by atoms with van der Waals surface area (Å²) in [6, 6.07) is -1.16. The zero-order chi connectivity index (χ0) is 16.2. The van der Waals surface area contributed by atoms with Crippen LogP contribution in [0.2, 0.25) is 0 Å². The first kappa shape index (κ1) is 17.5. The molecule has 0 bridgehead atoms. The molecule has 2 N–H and O–H groups in total. The van der Waals surface area contributed by atoms with Gasteiger partial charge in [-0.25, -0.2) is 31.1 Å². The molecule has 0 aromatic rings. The summed E-state index contributed by atoms with van der Waals surface area (Å²) in [5, 5.41) is -1.21. The van der Waals surface area contributed by atoms with Crippen LogP contribution in [0.1, 0.15) is 64.2 Å². The molecule has 0 aromatic heterocycles.